The minimum atomic E-state index is -2.94. The van der Waals surface area contributed by atoms with Crippen molar-refractivity contribution < 1.29 is 0 Å². The standard InChI is InChI=1S/C43H30N2Si/c1-44-38-27-17-31-42(46(32-18-5-2-6-19-32,33-20-7-3-8-21-33)34-22-9-4-10-23-34)43(38)37-26-13-16-30-41(37)45-39-28-14-11-24-35(39)36-25-12-15-29-40(36)45/h2-31H. The van der Waals surface area contributed by atoms with Gasteiger partial charge in [-0.1, -0.05) is 164 Å². The molecule has 0 amide bonds. The second-order valence-corrected chi connectivity index (χ2v) is 15.3. The van der Waals surface area contributed by atoms with Crippen LogP contribution in [0.15, 0.2) is 182 Å². The van der Waals surface area contributed by atoms with Crippen LogP contribution in [0.2, 0.25) is 0 Å². The van der Waals surface area contributed by atoms with Gasteiger partial charge >= 0.3 is 0 Å². The van der Waals surface area contributed by atoms with Crippen molar-refractivity contribution in [2.45, 2.75) is 0 Å². The molecule has 0 atom stereocenters. The first-order chi connectivity index (χ1) is 22.8. The van der Waals surface area contributed by atoms with E-state index in [1.807, 2.05) is 6.07 Å². The minimum absolute atomic E-state index is 0.658. The molecule has 0 N–H and O–H groups in total. The van der Waals surface area contributed by atoms with E-state index >= 15 is 0 Å². The summed E-state index contributed by atoms with van der Waals surface area (Å²) in [6.07, 6.45) is 0. The summed E-state index contributed by atoms with van der Waals surface area (Å²) in [7, 11) is -2.94. The van der Waals surface area contributed by atoms with Gasteiger partial charge in [-0.3, -0.25) is 0 Å². The van der Waals surface area contributed by atoms with Crippen molar-refractivity contribution in [3.05, 3.63) is 193 Å². The van der Waals surface area contributed by atoms with E-state index in [0.717, 1.165) is 27.8 Å². The van der Waals surface area contributed by atoms with Crippen LogP contribution >= 0.6 is 0 Å². The summed E-state index contributed by atoms with van der Waals surface area (Å²) in [6, 6.07) is 65.0. The maximum atomic E-state index is 8.49. The second-order valence-electron chi connectivity index (χ2n) is 11.5. The van der Waals surface area contributed by atoms with E-state index in [1.54, 1.807) is 0 Å². The smallest absolute Gasteiger partial charge is 0.194 e. The molecule has 0 saturated carbocycles. The molecule has 0 aliphatic rings. The molecule has 0 fully saturated rings. The maximum Gasteiger partial charge on any atom is 0.194 e. The van der Waals surface area contributed by atoms with E-state index in [2.05, 4.69) is 185 Å². The fourth-order valence-electron chi connectivity index (χ4n) is 7.32. The van der Waals surface area contributed by atoms with E-state index < -0.39 is 8.07 Å². The topological polar surface area (TPSA) is 9.29 Å². The first-order valence-corrected chi connectivity index (χ1v) is 17.6. The largest absolute Gasteiger partial charge is 0.309 e. The van der Waals surface area contributed by atoms with E-state index in [1.165, 1.54) is 31.5 Å². The summed E-state index contributed by atoms with van der Waals surface area (Å²) in [5.74, 6) is 0. The average Bonchev–Trinajstić information content (AvgIpc) is 3.47. The summed E-state index contributed by atoms with van der Waals surface area (Å²) < 4.78 is 2.38. The molecule has 3 heteroatoms. The van der Waals surface area contributed by atoms with E-state index in [9.17, 15) is 0 Å². The molecular weight excluding hydrogens is 573 g/mol. The third-order valence-corrected chi connectivity index (χ3v) is 14.0. The van der Waals surface area contributed by atoms with Gasteiger partial charge in [-0.05, 0) is 50.1 Å². The molecule has 8 rings (SSSR count). The van der Waals surface area contributed by atoms with Crippen molar-refractivity contribution in [1.82, 2.24) is 4.57 Å². The first kappa shape index (κ1) is 27.6. The number of rotatable bonds is 6. The lowest BCUT2D eigenvalue weighted by Crippen LogP contribution is -2.75. The van der Waals surface area contributed by atoms with E-state index in [0.29, 0.717) is 5.69 Å². The molecule has 46 heavy (non-hydrogen) atoms. The summed E-state index contributed by atoms with van der Waals surface area (Å²) in [6.45, 7) is 8.49. The highest BCUT2D eigenvalue weighted by atomic mass is 28.3. The number of fused-ring (bicyclic) bond motifs is 3. The zero-order valence-electron chi connectivity index (χ0n) is 25.2. The first-order valence-electron chi connectivity index (χ1n) is 15.6. The Bertz CT molecular complexity index is 2220. The third-order valence-electron chi connectivity index (χ3n) is 9.18. The van der Waals surface area contributed by atoms with Gasteiger partial charge in [0.1, 0.15) is 0 Å². The van der Waals surface area contributed by atoms with Crippen LogP contribution in [0.25, 0.3) is 43.5 Å². The molecule has 0 aliphatic heterocycles. The van der Waals surface area contributed by atoms with Crippen LogP contribution in [0.1, 0.15) is 0 Å². The fraction of sp³-hybridized carbons (Fsp3) is 0. The van der Waals surface area contributed by atoms with E-state index in [-0.39, 0.29) is 0 Å². The Hall–Kier alpha value is -5.95. The Balaban J connectivity index is 1.54. The normalized spacial score (nSPS) is 11.5. The number of hydrogen-bond donors (Lipinski definition) is 0. The molecule has 1 heterocycles. The van der Waals surface area contributed by atoms with Gasteiger partial charge in [0.25, 0.3) is 0 Å². The van der Waals surface area contributed by atoms with Gasteiger partial charge in [-0.15, -0.1) is 0 Å². The van der Waals surface area contributed by atoms with Crippen molar-refractivity contribution >= 4 is 56.3 Å². The molecule has 0 radical (unpaired) electrons. The van der Waals surface area contributed by atoms with Gasteiger partial charge in [0, 0.05) is 10.8 Å². The van der Waals surface area contributed by atoms with E-state index in [4.69, 9.17) is 6.57 Å². The molecule has 1 aromatic heterocycles. The fourth-order valence-corrected chi connectivity index (χ4v) is 12.3. The maximum absolute atomic E-state index is 8.49. The molecule has 0 unspecified atom stereocenters. The number of aromatic nitrogens is 1. The highest BCUT2D eigenvalue weighted by molar-refractivity contribution is 7.20. The highest BCUT2D eigenvalue weighted by Crippen LogP contribution is 2.39. The summed E-state index contributed by atoms with van der Waals surface area (Å²) >= 11 is 0. The monoisotopic (exact) mass is 602 g/mol. The minimum Gasteiger partial charge on any atom is -0.309 e. The summed E-state index contributed by atoms with van der Waals surface area (Å²) in [5.41, 5.74) is 6.07. The third kappa shape index (κ3) is 4.23. The van der Waals surface area contributed by atoms with Crippen LogP contribution in [-0.4, -0.2) is 12.6 Å². The van der Waals surface area contributed by atoms with Gasteiger partial charge in [0.2, 0.25) is 0 Å². The Morgan fingerprint density at radius 3 is 1.41 bits per heavy atom. The van der Waals surface area contributed by atoms with Crippen LogP contribution in [0, 0.1) is 6.57 Å². The summed E-state index contributed by atoms with van der Waals surface area (Å²) in [5, 5.41) is 7.49. The van der Waals surface area contributed by atoms with Crippen molar-refractivity contribution in [3.63, 3.8) is 0 Å². The number of benzene rings is 7. The Labute approximate surface area is 270 Å². The van der Waals surface area contributed by atoms with Gasteiger partial charge < -0.3 is 4.57 Å². The predicted molar refractivity (Wildman–Crippen MR) is 196 cm³/mol. The quantitative estimate of drug-likeness (QED) is 0.103. The van der Waals surface area contributed by atoms with Crippen molar-refractivity contribution in [1.29, 1.82) is 0 Å². The van der Waals surface area contributed by atoms with Crippen LogP contribution < -0.4 is 20.7 Å². The highest BCUT2D eigenvalue weighted by Gasteiger charge is 2.43. The van der Waals surface area contributed by atoms with Gasteiger partial charge in [0.05, 0.1) is 23.3 Å². The van der Waals surface area contributed by atoms with Crippen LogP contribution in [0.3, 0.4) is 0 Å². The molecule has 8 aromatic rings. The molecule has 0 bridgehead atoms. The van der Waals surface area contributed by atoms with Crippen molar-refractivity contribution in [3.8, 4) is 16.8 Å². The van der Waals surface area contributed by atoms with Crippen molar-refractivity contribution in [2.75, 3.05) is 0 Å². The Morgan fingerprint density at radius 2 is 0.891 bits per heavy atom. The molecule has 216 valence electrons. The van der Waals surface area contributed by atoms with Crippen LogP contribution in [-0.2, 0) is 0 Å². The molecular formula is C43H30N2Si. The van der Waals surface area contributed by atoms with Gasteiger partial charge in [-0.25, -0.2) is 4.85 Å². The van der Waals surface area contributed by atoms with Crippen LogP contribution in [0.4, 0.5) is 5.69 Å². The number of hydrogen-bond acceptors (Lipinski definition) is 0. The molecule has 0 aliphatic carbocycles. The Kier molecular flexibility index (Phi) is 6.91. The lowest BCUT2D eigenvalue weighted by atomic mass is 10.0. The molecule has 0 spiro atoms. The Morgan fingerprint density at radius 1 is 0.435 bits per heavy atom. The van der Waals surface area contributed by atoms with Gasteiger partial charge in [-0.2, -0.15) is 0 Å². The lowest BCUT2D eigenvalue weighted by Gasteiger charge is -2.36. The number of nitrogens with zero attached hydrogens (tertiary/aromatic N) is 2. The zero-order chi connectivity index (χ0) is 30.9. The number of para-hydroxylation sites is 3. The molecule has 7 aromatic carbocycles. The summed E-state index contributed by atoms with van der Waals surface area (Å²) in [4.78, 5) is 4.21. The zero-order valence-corrected chi connectivity index (χ0v) is 26.2. The molecule has 0 saturated heterocycles. The predicted octanol–water partition coefficient (Wildman–Crippen LogP) is 8.38. The van der Waals surface area contributed by atoms with Crippen molar-refractivity contribution in [2.24, 2.45) is 0 Å². The molecule has 2 nitrogen and oxygen atoms in total. The van der Waals surface area contributed by atoms with Crippen LogP contribution in [0.5, 0.6) is 0 Å². The average molecular weight is 603 g/mol. The second kappa shape index (κ2) is 11.5. The SMILES string of the molecule is [C-]#[N+]c1cccc([Si](c2ccccc2)(c2ccccc2)c2ccccc2)c1-c1ccccc1-n1c2ccccc2c2ccccc21. The lowest BCUT2D eigenvalue weighted by molar-refractivity contribution is 1.18. The van der Waals surface area contributed by atoms with Gasteiger partial charge in [0.15, 0.2) is 13.8 Å².